The Bertz CT molecular complexity index is 521. The van der Waals surface area contributed by atoms with Crippen molar-refractivity contribution in [3.8, 4) is 6.07 Å². The molecule has 1 aromatic carbocycles. The molecular formula is C14H18N4O. The van der Waals surface area contributed by atoms with Gasteiger partial charge in [-0.15, -0.1) is 0 Å². The highest BCUT2D eigenvalue weighted by Crippen LogP contribution is 2.27. The third-order valence-electron chi connectivity index (χ3n) is 3.52. The molecule has 100 valence electrons. The molecule has 0 aliphatic carbocycles. The quantitative estimate of drug-likeness (QED) is 0.778. The van der Waals surface area contributed by atoms with Crippen molar-refractivity contribution in [1.82, 2.24) is 5.32 Å². The minimum Gasteiger partial charge on any atom is -0.399 e. The van der Waals surface area contributed by atoms with Crippen molar-refractivity contribution in [1.29, 1.82) is 5.26 Å². The summed E-state index contributed by atoms with van der Waals surface area (Å²) < 4.78 is 0. The van der Waals surface area contributed by atoms with Gasteiger partial charge in [-0.05, 0) is 31.0 Å². The number of carbonyl (C=O) groups excluding carboxylic acids is 1. The molecule has 1 amide bonds. The second kappa shape index (κ2) is 5.61. The van der Waals surface area contributed by atoms with Gasteiger partial charge in [-0.25, -0.2) is 0 Å². The maximum Gasteiger partial charge on any atom is 0.224 e. The van der Waals surface area contributed by atoms with Crippen LogP contribution in [0.15, 0.2) is 18.2 Å². The fraction of sp³-hybridized carbons (Fsp3) is 0.429. The first kappa shape index (κ1) is 13.2. The molecule has 0 bridgehead atoms. The lowest BCUT2D eigenvalue weighted by molar-refractivity contribution is -0.124. The van der Waals surface area contributed by atoms with Crippen LogP contribution in [0, 0.1) is 17.2 Å². The largest absolute Gasteiger partial charge is 0.399 e. The second-order valence-corrected chi connectivity index (χ2v) is 4.79. The molecule has 1 aromatic rings. The highest BCUT2D eigenvalue weighted by atomic mass is 16.1. The second-order valence-electron chi connectivity index (χ2n) is 4.79. The molecule has 1 aliphatic heterocycles. The van der Waals surface area contributed by atoms with Gasteiger partial charge in [0.25, 0.3) is 0 Å². The van der Waals surface area contributed by atoms with Crippen molar-refractivity contribution < 1.29 is 4.79 Å². The summed E-state index contributed by atoms with van der Waals surface area (Å²) in [6.07, 6.45) is 1.85. The van der Waals surface area contributed by atoms with E-state index in [9.17, 15) is 10.1 Å². The third kappa shape index (κ3) is 2.79. The molecule has 1 aliphatic rings. The zero-order valence-corrected chi connectivity index (χ0v) is 11.0. The summed E-state index contributed by atoms with van der Waals surface area (Å²) in [5.41, 5.74) is 7.71. The van der Waals surface area contributed by atoms with Gasteiger partial charge in [-0.3, -0.25) is 4.79 Å². The van der Waals surface area contributed by atoms with E-state index in [0.717, 1.165) is 25.1 Å². The van der Waals surface area contributed by atoms with Gasteiger partial charge in [0.2, 0.25) is 5.91 Å². The van der Waals surface area contributed by atoms with Crippen molar-refractivity contribution in [3.63, 3.8) is 0 Å². The number of piperidine rings is 1. The van der Waals surface area contributed by atoms with E-state index < -0.39 is 0 Å². The Morgan fingerprint density at radius 2 is 2.37 bits per heavy atom. The molecule has 19 heavy (non-hydrogen) atoms. The van der Waals surface area contributed by atoms with E-state index in [0.29, 0.717) is 17.8 Å². The Kier molecular flexibility index (Phi) is 3.91. The minimum absolute atomic E-state index is 0.0113. The van der Waals surface area contributed by atoms with Crippen molar-refractivity contribution in [2.75, 3.05) is 30.8 Å². The summed E-state index contributed by atoms with van der Waals surface area (Å²) in [5.74, 6) is 0.0569. The monoisotopic (exact) mass is 258 g/mol. The topological polar surface area (TPSA) is 82.2 Å². The van der Waals surface area contributed by atoms with Gasteiger partial charge in [0, 0.05) is 25.8 Å². The Balaban J connectivity index is 2.22. The van der Waals surface area contributed by atoms with Gasteiger partial charge in [-0.2, -0.15) is 5.26 Å². The number of carbonyl (C=O) groups is 1. The highest BCUT2D eigenvalue weighted by molar-refractivity contribution is 5.79. The summed E-state index contributed by atoms with van der Waals surface area (Å²) in [4.78, 5) is 13.8. The van der Waals surface area contributed by atoms with Gasteiger partial charge < -0.3 is 16.0 Å². The number of nitriles is 1. The van der Waals surface area contributed by atoms with E-state index in [1.54, 1.807) is 19.2 Å². The van der Waals surface area contributed by atoms with Gasteiger partial charge in [0.05, 0.1) is 17.2 Å². The Labute approximate surface area is 113 Å². The molecule has 1 heterocycles. The van der Waals surface area contributed by atoms with Crippen molar-refractivity contribution in [2.24, 2.45) is 5.92 Å². The molecule has 0 radical (unpaired) electrons. The molecule has 0 spiro atoms. The van der Waals surface area contributed by atoms with E-state index >= 15 is 0 Å². The van der Waals surface area contributed by atoms with Gasteiger partial charge in [0.15, 0.2) is 0 Å². The molecular weight excluding hydrogens is 240 g/mol. The molecule has 5 nitrogen and oxygen atoms in total. The summed E-state index contributed by atoms with van der Waals surface area (Å²) >= 11 is 0. The average molecular weight is 258 g/mol. The fourth-order valence-corrected chi connectivity index (χ4v) is 2.53. The first-order valence-electron chi connectivity index (χ1n) is 6.42. The molecule has 1 fully saturated rings. The zero-order valence-electron chi connectivity index (χ0n) is 11.0. The number of nitrogen functional groups attached to an aromatic ring is 1. The number of hydrogen-bond acceptors (Lipinski definition) is 4. The van der Waals surface area contributed by atoms with Crippen LogP contribution in [0.2, 0.25) is 0 Å². The SMILES string of the molecule is CNC(=O)C1CCCN(c2ccc(N)cc2C#N)C1. The number of nitrogens with one attached hydrogen (secondary N) is 1. The Hall–Kier alpha value is -2.22. The number of anilines is 2. The molecule has 5 heteroatoms. The van der Waals surface area contributed by atoms with Crippen LogP contribution in [0.25, 0.3) is 0 Å². The normalized spacial score (nSPS) is 18.7. The van der Waals surface area contributed by atoms with Crippen LogP contribution < -0.4 is 16.0 Å². The van der Waals surface area contributed by atoms with E-state index in [-0.39, 0.29) is 11.8 Å². The Morgan fingerprint density at radius 3 is 3.05 bits per heavy atom. The number of rotatable bonds is 2. The molecule has 1 atom stereocenters. The molecule has 1 unspecified atom stereocenters. The lowest BCUT2D eigenvalue weighted by atomic mass is 9.96. The minimum atomic E-state index is -0.0113. The van der Waals surface area contributed by atoms with Gasteiger partial charge >= 0.3 is 0 Å². The van der Waals surface area contributed by atoms with Crippen LogP contribution in [-0.2, 0) is 4.79 Å². The van der Waals surface area contributed by atoms with Crippen LogP contribution in [-0.4, -0.2) is 26.0 Å². The summed E-state index contributed by atoms with van der Waals surface area (Å²) in [5, 5.41) is 11.9. The average Bonchev–Trinajstić information content (AvgIpc) is 2.46. The number of nitrogens with zero attached hydrogens (tertiary/aromatic N) is 2. The van der Waals surface area contributed by atoms with Crippen LogP contribution in [0.5, 0.6) is 0 Å². The number of benzene rings is 1. The predicted molar refractivity (Wildman–Crippen MR) is 74.6 cm³/mol. The predicted octanol–water partition coefficient (Wildman–Crippen LogP) is 1.10. The molecule has 2 rings (SSSR count). The maximum atomic E-state index is 11.7. The van der Waals surface area contributed by atoms with Gasteiger partial charge in [-0.1, -0.05) is 0 Å². The third-order valence-corrected chi connectivity index (χ3v) is 3.52. The lowest BCUT2D eigenvalue weighted by Crippen LogP contribution is -2.42. The first-order chi connectivity index (χ1) is 9.15. The van der Waals surface area contributed by atoms with E-state index in [2.05, 4.69) is 16.3 Å². The van der Waals surface area contributed by atoms with Crippen molar-refractivity contribution >= 4 is 17.3 Å². The van der Waals surface area contributed by atoms with E-state index in [4.69, 9.17) is 5.73 Å². The van der Waals surface area contributed by atoms with Crippen LogP contribution in [0.4, 0.5) is 11.4 Å². The summed E-state index contributed by atoms with van der Waals surface area (Å²) in [6, 6.07) is 7.50. The summed E-state index contributed by atoms with van der Waals surface area (Å²) in [7, 11) is 1.66. The molecule has 0 saturated carbocycles. The molecule has 0 aromatic heterocycles. The maximum absolute atomic E-state index is 11.7. The van der Waals surface area contributed by atoms with Crippen molar-refractivity contribution in [2.45, 2.75) is 12.8 Å². The van der Waals surface area contributed by atoms with Crippen LogP contribution in [0.1, 0.15) is 18.4 Å². The van der Waals surface area contributed by atoms with E-state index in [1.165, 1.54) is 0 Å². The first-order valence-corrected chi connectivity index (χ1v) is 6.42. The number of amides is 1. The molecule has 1 saturated heterocycles. The number of hydrogen-bond donors (Lipinski definition) is 2. The van der Waals surface area contributed by atoms with Gasteiger partial charge in [0.1, 0.15) is 6.07 Å². The standard InChI is InChI=1S/C14H18N4O/c1-17-14(19)10-3-2-6-18(9-10)13-5-4-12(16)7-11(13)8-15/h4-5,7,10H,2-3,6,9,16H2,1H3,(H,17,19). The smallest absolute Gasteiger partial charge is 0.224 e. The van der Waals surface area contributed by atoms with Crippen LogP contribution >= 0.6 is 0 Å². The van der Waals surface area contributed by atoms with E-state index in [1.807, 2.05) is 6.07 Å². The zero-order chi connectivity index (χ0) is 13.8. The van der Waals surface area contributed by atoms with Crippen molar-refractivity contribution in [3.05, 3.63) is 23.8 Å². The number of nitrogens with two attached hydrogens (primary N) is 1. The highest BCUT2D eigenvalue weighted by Gasteiger charge is 2.26. The summed E-state index contributed by atoms with van der Waals surface area (Å²) in [6.45, 7) is 1.52. The fourth-order valence-electron chi connectivity index (χ4n) is 2.53. The van der Waals surface area contributed by atoms with Crippen LogP contribution in [0.3, 0.4) is 0 Å². The lowest BCUT2D eigenvalue weighted by Gasteiger charge is -2.34. The molecule has 3 N–H and O–H groups in total. The Morgan fingerprint density at radius 1 is 1.58 bits per heavy atom.